The molecule has 0 N–H and O–H groups in total. The topological polar surface area (TPSA) is 43.2 Å². The van der Waals surface area contributed by atoms with Crippen LogP contribution in [0.25, 0.3) is 0 Å². The molecule has 4 nitrogen and oxygen atoms in total. The molecule has 6 heteroatoms. The van der Waals surface area contributed by atoms with Gasteiger partial charge in [-0.3, -0.25) is 0 Å². The first-order valence-electron chi connectivity index (χ1n) is 15.7. The van der Waals surface area contributed by atoms with E-state index in [2.05, 4.69) is 107 Å². The van der Waals surface area contributed by atoms with E-state index in [4.69, 9.17) is 24.3 Å². The van der Waals surface area contributed by atoms with Crippen LogP contribution < -0.4 is 5.71 Å². The van der Waals surface area contributed by atoms with Crippen LogP contribution in [0.5, 0.6) is 11.5 Å². The zero-order valence-electron chi connectivity index (χ0n) is 28.1. The van der Waals surface area contributed by atoms with Crippen molar-refractivity contribution >= 4 is 42.1 Å². The molecule has 1 fully saturated rings. The van der Waals surface area contributed by atoms with Gasteiger partial charge in [0.25, 0.3) is 0 Å². The predicted molar refractivity (Wildman–Crippen MR) is 182 cm³/mol. The SMILES string of the molecule is CC(C)(C)c1cc2c(c(C(C)(C)C)c1)[O][In]([Cl])[O]c1c(cc(C(C)(C)C)cc1C(C)(C)C)C=N[C@@H]1CCCC[C@H]1N=C2. The van der Waals surface area contributed by atoms with Crippen LogP contribution >= 0.6 is 8.58 Å². The van der Waals surface area contributed by atoms with Gasteiger partial charge in [-0.15, -0.1) is 0 Å². The molecule has 0 aromatic heterocycles. The Labute approximate surface area is 268 Å². The number of aliphatic imine (C=N–C) groups is 2. The maximum atomic E-state index is 7.21. The Balaban J connectivity index is 1.99. The van der Waals surface area contributed by atoms with Gasteiger partial charge in [-0.1, -0.05) is 0 Å². The van der Waals surface area contributed by atoms with Crippen molar-refractivity contribution in [3.05, 3.63) is 57.6 Å². The Hall–Kier alpha value is -1.46. The van der Waals surface area contributed by atoms with E-state index in [-0.39, 0.29) is 33.7 Å². The fourth-order valence-electron chi connectivity index (χ4n) is 5.74. The van der Waals surface area contributed by atoms with Crippen LogP contribution in [0.3, 0.4) is 0 Å². The van der Waals surface area contributed by atoms with Crippen LogP contribution in [0.15, 0.2) is 34.3 Å². The van der Waals surface area contributed by atoms with Gasteiger partial charge in [0.15, 0.2) is 0 Å². The van der Waals surface area contributed by atoms with Crippen LogP contribution in [0, 0.1) is 0 Å². The first-order valence-corrected chi connectivity index (χ1v) is 22.5. The fourth-order valence-corrected chi connectivity index (χ4v) is 9.63. The summed E-state index contributed by atoms with van der Waals surface area (Å²) in [5, 5.41) is 0. The van der Waals surface area contributed by atoms with E-state index in [0.717, 1.165) is 46.6 Å². The molecule has 1 aliphatic carbocycles. The van der Waals surface area contributed by atoms with Crippen molar-refractivity contribution in [3.63, 3.8) is 0 Å². The Morgan fingerprint density at radius 1 is 0.595 bits per heavy atom. The molecule has 0 bridgehead atoms. The van der Waals surface area contributed by atoms with E-state index >= 15 is 0 Å². The summed E-state index contributed by atoms with van der Waals surface area (Å²) in [7, 11) is 7.21. The average Bonchev–Trinajstić information content (AvgIpc) is 2.85. The van der Waals surface area contributed by atoms with E-state index in [1.54, 1.807) is 0 Å². The molecule has 0 unspecified atom stereocenters. The first kappa shape index (κ1) is 33.4. The van der Waals surface area contributed by atoms with Gasteiger partial charge < -0.3 is 0 Å². The summed E-state index contributed by atoms with van der Waals surface area (Å²) >= 11 is -3.61. The summed E-state index contributed by atoms with van der Waals surface area (Å²) in [5.74, 6) is 1.65. The van der Waals surface area contributed by atoms with E-state index in [9.17, 15) is 0 Å². The summed E-state index contributed by atoms with van der Waals surface area (Å²) in [6.07, 6.45) is 8.50. The summed E-state index contributed by atoms with van der Waals surface area (Å²) in [4.78, 5) is 10.4. The van der Waals surface area contributed by atoms with Crippen molar-refractivity contribution in [2.75, 3.05) is 0 Å². The third kappa shape index (κ3) is 7.78. The predicted octanol–water partition coefficient (Wildman–Crippen LogP) is 9.72. The van der Waals surface area contributed by atoms with Gasteiger partial charge in [-0.2, -0.15) is 0 Å². The number of hydrogen-bond donors (Lipinski definition) is 0. The number of hydrogen-bond acceptors (Lipinski definition) is 4. The molecule has 1 aliphatic heterocycles. The van der Waals surface area contributed by atoms with Crippen LogP contribution in [0.4, 0.5) is 0 Å². The van der Waals surface area contributed by atoms with Crippen LogP contribution in [0.1, 0.15) is 142 Å². The van der Waals surface area contributed by atoms with Crippen molar-refractivity contribution in [1.82, 2.24) is 0 Å². The molecular formula is C36H52ClInN2O2. The molecular weight excluding hydrogens is 643 g/mol. The Bertz CT molecular complexity index is 1250. The van der Waals surface area contributed by atoms with Crippen LogP contribution in [0.2, 0.25) is 0 Å². The first-order chi connectivity index (χ1) is 19.2. The quantitative estimate of drug-likeness (QED) is 0.276. The Morgan fingerprint density at radius 3 is 1.26 bits per heavy atom. The zero-order chi connectivity index (χ0) is 31.3. The molecule has 228 valence electrons. The summed E-state index contributed by atoms with van der Waals surface area (Å²) < 4.78 is 13.6. The molecule has 2 aromatic rings. The molecule has 42 heavy (non-hydrogen) atoms. The van der Waals surface area contributed by atoms with Crippen LogP contribution in [-0.2, 0) is 21.7 Å². The van der Waals surface area contributed by atoms with Crippen molar-refractivity contribution in [2.45, 2.75) is 143 Å². The van der Waals surface area contributed by atoms with Crippen molar-refractivity contribution in [1.29, 1.82) is 0 Å². The number of halogens is 1. The van der Waals surface area contributed by atoms with Gasteiger partial charge in [0, 0.05) is 0 Å². The third-order valence-corrected chi connectivity index (χ3v) is 12.1. The second-order valence-electron chi connectivity index (χ2n) is 16.4. The molecule has 0 radical (unpaired) electrons. The van der Waals surface area contributed by atoms with Gasteiger partial charge in [0.05, 0.1) is 0 Å². The Morgan fingerprint density at radius 2 is 0.952 bits per heavy atom. The van der Waals surface area contributed by atoms with Gasteiger partial charge in [-0.05, 0) is 0 Å². The molecule has 1 heterocycles. The number of fused-ring (bicyclic) bond motifs is 3. The molecule has 2 atom stereocenters. The standard InChI is InChI=1S/C36H54N2O2.ClH.In/c1-33(2,3)25-17-23(31(39)27(19-25)35(7,8)9)21-37-29-15-13-14-16-30(29)38-22-24-18-26(34(4,5)6)20-28(32(24)40)36(10,11)12;;/h17-22,29-30,39-40H,13-16H2,1-12H3;1H;/q;;+3/p-3/t29-,30-;;/m1../s1. The molecule has 4 rings (SSSR count). The number of nitrogens with zero attached hydrogens (tertiary/aromatic N) is 2. The molecule has 2 aliphatic rings. The Kier molecular flexibility index (Phi) is 9.67. The van der Waals surface area contributed by atoms with Crippen molar-refractivity contribution in [3.8, 4) is 11.5 Å². The molecule has 2 aromatic carbocycles. The van der Waals surface area contributed by atoms with Crippen LogP contribution in [-0.4, -0.2) is 45.6 Å². The minimum absolute atomic E-state index is 0.0207. The van der Waals surface area contributed by atoms with E-state index in [0.29, 0.717) is 0 Å². The summed E-state index contributed by atoms with van der Waals surface area (Å²) in [6, 6.07) is 9.36. The summed E-state index contributed by atoms with van der Waals surface area (Å²) in [6.45, 7) is 27.0. The van der Waals surface area contributed by atoms with Gasteiger partial charge in [0.2, 0.25) is 0 Å². The van der Waals surface area contributed by atoms with Gasteiger partial charge in [-0.25, -0.2) is 0 Å². The second-order valence-corrected chi connectivity index (χ2v) is 21.7. The maximum absolute atomic E-state index is 7.21. The third-order valence-electron chi connectivity index (χ3n) is 8.51. The van der Waals surface area contributed by atoms with Gasteiger partial charge in [0.1, 0.15) is 0 Å². The van der Waals surface area contributed by atoms with Crippen molar-refractivity contribution in [2.24, 2.45) is 9.98 Å². The van der Waals surface area contributed by atoms with Gasteiger partial charge >= 0.3 is 269 Å². The number of benzene rings is 2. The monoisotopic (exact) mass is 694 g/mol. The fraction of sp³-hybridized carbons (Fsp3) is 0.611. The molecule has 0 amide bonds. The summed E-state index contributed by atoms with van der Waals surface area (Å²) in [5.41, 5.74) is 6.46. The second kappa shape index (κ2) is 12.1. The average molecular weight is 695 g/mol. The van der Waals surface area contributed by atoms with E-state index in [1.807, 2.05) is 12.4 Å². The molecule has 0 spiro atoms. The zero-order valence-corrected chi connectivity index (χ0v) is 32.2. The normalized spacial score (nSPS) is 20.3. The van der Waals surface area contributed by atoms with E-state index in [1.165, 1.54) is 24.0 Å². The van der Waals surface area contributed by atoms with Crippen molar-refractivity contribution < 1.29 is 5.71 Å². The number of rotatable bonds is 0. The minimum atomic E-state index is -3.61. The van der Waals surface area contributed by atoms with E-state index < -0.39 is 21.1 Å². The molecule has 0 saturated heterocycles. The molecule has 1 saturated carbocycles.